The second-order valence-electron chi connectivity index (χ2n) is 5.51. The van der Waals surface area contributed by atoms with Gasteiger partial charge in [0.15, 0.2) is 0 Å². The Hall–Kier alpha value is -2.42. The Morgan fingerprint density at radius 1 is 1.30 bits per heavy atom. The van der Waals surface area contributed by atoms with Gasteiger partial charge < -0.3 is 4.74 Å². The van der Waals surface area contributed by atoms with Gasteiger partial charge in [0.2, 0.25) is 0 Å². The number of hydrogen-bond acceptors (Lipinski definition) is 3. The minimum atomic E-state index is -0.767. The van der Waals surface area contributed by atoms with Gasteiger partial charge in [-0.25, -0.2) is 9.59 Å². The average Bonchev–Trinajstić information content (AvgIpc) is 2.54. The molecular weight excluding hydrogens is 288 g/mol. The van der Waals surface area contributed by atoms with Gasteiger partial charge in [-0.05, 0) is 30.0 Å². The molecular formula is C20H24O3. The molecule has 0 fully saturated rings. The van der Waals surface area contributed by atoms with Gasteiger partial charge in [0.05, 0.1) is 0 Å². The molecule has 3 heteroatoms. The van der Waals surface area contributed by atoms with Crippen molar-refractivity contribution in [3.05, 3.63) is 72.4 Å². The highest BCUT2D eigenvalue weighted by Crippen LogP contribution is 2.25. The number of rotatable bonds is 8. The number of carbonyl (C=O) groups is 2. The molecule has 0 aliphatic carbocycles. The lowest BCUT2D eigenvalue weighted by Crippen LogP contribution is -2.13. The van der Waals surface area contributed by atoms with Crippen LogP contribution in [0.4, 0.5) is 0 Å². The van der Waals surface area contributed by atoms with E-state index in [0.717, 1.165) is 30.0 Å². The second-order valence-corrected chi connectivity index (χ2v) is 5.51. The number of hydrogen-bond donors (Lipinski definition) is 0. The molecule has 0 N–H and O–H groups in total. The zero-order chi connectivity index (χ0) is 17.4. The fraction of sp³-hybridized carbons (Fsp3) is 0.300. The fourth-order valence-corrected chi connectivity index (χ4v) is 2.39. The van der Waals surface area contributed by atoms with Gasteiger partial charge in [0, 0.05) is 24.0 Å². The summed E-state index contributed by atoms with van der Waals surface area (Å²) in [5.74, 6) is -1.14. The van der Waals surface area contributed by atoms with Crippen LogP contribution in [0.5, 0.6) is 0 Å². The van der Waals surface area contributed by atoms with Crippen molar-refractivity contribution in [1.82, 2.24) is 0 Å². The molecule has 0 spiro atoms. The normalized spacial score (nSPS) is 11.4. The summed E-state index contributed by atoms with van der Waals surface area (Å²) < 4.78 is 4.58. The molecule has 0 aliphatic heterocycles. The van der Waals surface area contributed by atoms with Gasteiger partial charge in [-0.3, -0.25) is 0 Å². The molecule has 0 heterocycles. The molecule has 1 unspecified atom stereocenters. The van der Waals surface area contributed by atoms with E-state index in [2.05, 4.69) is 43.5 Å². The highest BCUT2D eigenvalue weighted by molar-refractivity contribution is 5.99. The fourth-order valence-electron chi connectivity index (χ4n) is 2.39. The molecule has 23 heavy (non-hydrogen) atoms. The van der Waals surface area contributed by atoms with Gasteiger partial charge in [-0.15, -0.1) is 6.58 Å². The molecule has 3 nitrogen and oxygen atoms in total. The van der Waals surface area contributed by atoms with Crippen LogP contribution in [0, 0.1) is 6.92 Å². The standard InChI is InChI=1S/C20H24O3/c1-6-9-16(7-2)18-11-10-17(14(4)12-18)13-15(5)20(22)23-19(21)8-3/h7-8,10-12,16H,2-3,5-6,9,13H2,1,4H3. The van der Waals surface area contributed by atoms with Gasteiger partial charge in [-0.1, -0.05) is 50.8 Å². The summed E-state index contributed by atoms with van der Waals surface area (Å²) in [6.07, 6.45) is 5.42. The van der Waals surface area contributed by atoms with E-state index in [9.17, 15) is 9.59 Å². The quantitative estimate of drug-likeness (QED) is 0.309. The van der Waals surface area contributed by atoms with Crippen molar-refractivity contribution in [3.8, 4) is 0 Å². The van der Waals surface area contributed by atoms with Crippen LogP contribution in [0.15, 0.2) is 55.7 Å². The van der Waals surface area contributed by atoms with Crippen molar-refractivity contribution < 1.29 is 14.3 Å². The van der Waals surface area contributed by atoms with Crippen molar-refractivity contribution in [2.24, 2.45) is 0 Å². The maximum atomic E-state index is 11.7. The predicted octanol–water partition coefficient (Wildman–Crippen LogP) is 4.42. The van der Waals surface area contributed by atoms with Crippen molar-refractivity contribution in [1.29, 1.82) is 0 Å². The molecule has 1 atom stereocenters. The predicted molar refractivity (Wildman–Crippen MR) is 93.2 cm³/mol. The van der Waals surface area contributed by atoms with Crippen molar-refractivity contribution in [2.75, 3.05) is 0 Å². The molecule has 0 radical (unpaired) electrons. The van der Waals surface area contributed by atoms with Crippen molar-refractivity contribution in [3.63, 3.8) is 0 Å². The second kappa shape index (κ2) is 8.89. The molecule has 0 saturated carbocycles. The van der Waals surface area contributed by atoms with E-state index in [1.54, 1.807) is 0 Å². The number of carbonyl (C=O) groups excluding carboxylic acids is 2. The van der Waals surface area contributed by atoms with Crippen LogP contribution in [-0.4, -0.2) is 11.9 Å². The van der Waals surface area contributed by atoms with Crippen LogP contribution in [0.25, 0.3) is 0 Å². The monoisotopic (exact) mass is 312 g/mol. The SMILES string of the molecule is C=CC(=O)OC(=O)C(=C)Cc1ccc(C(C=C)CCC)cc1C. The number of benzene rings is 1. The first-order valence-corrected chi connectivity index (χ1v) is 7.71. The first kappa shape index (κ1) is 18.6. The third-order valence-electron chi connectivity index (χ3n) is 3.73. The summed E-state index contributed by atoms with van der Waals surface area (Å²) in [7, 11) is 0. The molecule has 0 amide bonds. The Labute approximate surface area is 138 Å². The largest absolute Gasteiger partial charge is 0.386 e. The Morgan fingerprint density at radius 3 is 2.52 bits per heavy atom. The van der Waals surface area contributed by atoms with Gasteiger partial charge in [-0.2, -0.15) is 0 Å². The first-order chi connectivity index (χ1) is 10.9. The number of aryl methyl sites for hydroxylation is 1. The van der Waals surface area contributed by atoms with Crippen LogP contribution < -0.4 is 0 Å². The maximum absolute atomic E-state index is 11.7. The van der Waals surface area contributed by atoms with Crippen LogP contribution in [0.2, 0.25) is 0 Å². The summed E-state index contributed by atoms with van der Waals surface area (Å²) in [6, 6.07) is 6.16. The van der Waals surface area contributed by atoms with E-state index in [4.69, 9.17) is 0 Å². The summed E-state index contributed by atoms with van der Waals surface area (Å²) >= 11 is 0. The topological polar surface area (TPSA) is 43.4 Å². The van der Waals surface area contributed by atoms with Crippen molar-refractivity contribution >= 4 is 11.9 Å². The minimum Gasteiger partial charge on any atom is -0.386 e. The van der Waals surface area contributed by atoms with Crippen LogP contribution in [0.3, 0.4) is 0 Å². The van der Waals surface area contributed by atoms with E-state index < -0.39 is 11.9 Å². The van der Waals surface area contributed by atoms with E-state index >= 15 is 0 Å². The molecule has 0 aliphatic rings. The van der Waals surface area contributed by atoms with E-state index in [-0.39, 0.29) is 5.57 Å². The van der Waals surface area contributed by atoms with E-state index in [0.29, 0.717) is 12.3 Å². The molecule has 0 saturated heterocycles. The van der Waals surface area contributed by atoms with Crippen LogP contribution >= 0.6 is 0 Å². The maximum Gasteiger partial charge on any atom is 0.341 e. The lowest BCUT2D eigenvalue weighted by atomic mass is 9.90. The summed E-state index contributed by atoms with van der Waals surface area (Å²) in [5, 5.41) is 0. The molecule has 0 bridgehead atoms. The molecule has 0 aromatic heterocycles. The first-order valence-electron chi connectivity index (χ1n) is 7.71. The highest BCUT2D eigenvalue weighted by atomic mass is 16.6. The lowest BCUT2D eigenvalue weighted by molar-refractivity contribution is -0.153. The Morgan fingerprint density at radius 2 is 2.00 bits per heavy atom. The number of allylic oxidation sites excluding steroid dienone is 1. The zero-order valence-electron chi connectivity index (χ0n) is 13.9. The van der Waals surface area contributed by atoms with Crippen molar-refractivity contribution in [2.45, 2.75) is 39.0 Å². The van der Waals surface area contributed by atoms with Gasteiger partial charge in [0.1, 0.15) is 0 Å². The summed E-state index contributed by atoms with van der Waals surface area (Å²) in [6.45, 7) is 15.0. The molecule has 122 valence electrons. The average molecular weight is 312 g/mol. The smallest absolute Gasteiger partial charge is 0.341 e. The van der Waals surface area contributed by atoms with E-state index in [1.807, 2.05) is 19.1 Å². The Bertz CT molecular complexity index is 626. The summed E-state index contributed by atoms with van der Waals surface area (Å²) in [5.41, 5.74) is 3.53. The van der Waals surface area contributed by atoms with E-state index in [1.165, 1.54) is 5.56 Å². The third kappa shape index (κ3) is 5.37. The molecule has 1 aromatic carbocycles. The van der Waals surface area contributed by atoms with Gasteiger partial charge >= 0.3 is 11.9 Å². The van der Waals surface area contributed by atoms with Crippen LogP contribution in [-0.2, 0) is 20.7 Å². The van der Waals surface area contributed by atoms with Gasteiger partial charge in [0.25, 0.3) is 0 Å². The molecule has 1 rings (SSSR count). The minimum absolute atomic E-state index is 0.241. The third-order valence-corrected chi connectivity index (χ3v) is 3.73. The Balaban J connectivity index is 2.84. The summed E-state index contributed by atoms with van der Waals surface area (Å²) in [4.78, 5) is 22.8. The van der Waals surface area contributed by atoms with Crippen LogP contribution in [0.1, 0.15) is 42.4 Å². The highest BCUT2D eigenvalue weighted by Gasteiger charge is 2.14. The zero-order valence-corrected chi connectivity index (χ0v) is 13.9. The Kier molecular flexibility index (Phi) is 7.20. The lowest BCUT2D eigenvalue weighted by Gasteiger charge is -2.15. The number of ether oxygens (including phenoxy) is 1. The molecule has 1 aromatic rings. The number of esters is 2.